The minimum absolute atomic E-state index is 0.0663. The lowest BCUT2D eigenvalue weighted by molar-refractivity contribution is 0.0948. The van der Waals surface area contributed by atoms with E-state index >= 15 is 0 Å². The molecule has 4 nitrogen and oxygen atoms in total. The first-order valence-corrected chi connectivity index (χ1v) is 6.30. The number of rotatable bonds is 4. The van der Waals surface area contributed by atoms with Crippen LogP contribution in [0.1, 0.15) is 10.5 Å². The number of aromatic nitrogens is 2. The van der Waals surface area contributed by atoms with Crippen molar-refractivity contribution in [2.45, 2.75) is 6.54 Å². The van der Waals surface area contributed by atoms with E-state index in [-0.39, 0.29) is 5.91 Å². The van der Waals surface area contributed by atoms with E-state index in [0.29, 0.717) is 12.2 Å². The maximum Gasteiger partial charge on any atom is 0.267 e. The Morgan fingerprint density at radius 3 is 2.74 bits per heavy atom. The number of hydrogen-bond acceptors (Lipinski definition) is 1. The summed E-state index contributed by atoms with van der Waals surface area (Å²) in [5.41, 5.74) is 1.59. The quantitative estimate of drug-likeness (QED) is 0.737. The van der Waals surface area contributed by atoms with Crippen molar-refractivity contribution in [1.29, 1.82) is 0 Å². The molecule has 19 heavy (non-hydrogen) atoms. The first-order valence-electron chi connectivity index (χ1n) is 6.30. The van der Waals surface area contributed by atoms with Crippen LogP contribution in [0, 0.1) is 0 Å². The predicted octanol–water partition coefficient (Wildman–Crippen LogP) is 2.40. The number of H-pyrrole nitrogens is 1. The summed E-state index contributed by atoms with van der Waals surface area (Å²) in [6, 6.07) is 13.7. The number of aromatic amines is 1. The largest absolute Gasteiger partial charge is 0.353 e. The van der Waals surface area contributed by atoms with Gasteiger partial charge >= 0.3 is 0 Å². The Balaban J connectivity index is 1.63. The van der Waals surface area contributed by atoms with Crippen LogP contribution >= 0.6 is 0 Å². The zero-order chi connectivity index (χ0) is 13.1. The monoisotopic (exact) mass is 253 g/mol. The van der Waals surface area contributed by atoms with E-state index in [2.05, 4.69) is 10.3 Å². The van der Waals surface area contributed by atoms with Gasteiger partial charge in [-0.3, -0.25) is 4.79 Å². The molecule has 2 N–H and O–H groups in total. The Labute approximate surface area is 111 Å². The topological polar surface area (TPSA) is 49.8 Å². The highest BCUT2D eigenvalue weighted by atomic mass is 16.1. The van der Waals surface area contributed by atoms with Crippen LogP contribution in [0.2, 0.25) is 0 Å². The lowest BCUT2D eigenvalue weighted by Gasteiger charge is -2.04. The molecule has 0 aliphatic heterocycles. The fraction of sp³-hybridized carbons (Fsp3) is 0.133. The van der Waals surface area contributed by atoms with Gasteiger partial charge < -0.3 is 14.9 Å². The van der Waals surface area contributed by atoms with Crippen molar-refractivity contribution in [3.8, 4) is 0 Å². The Hall–Kier alpha value is -2.49. The van der Waals surface area contributed by atoms with Gasteiger partial charge in [-0.1, -0.05) is 18.2 Å². The third kappa shape index (κ3) is 2.52. The summed E-state index contributed by atoms with van der Waals surface area (Å²) in [6.45, 7) is 1.39. The summed E-state index contributed by atoms with van der Waals surface area (Å²) >= 11 is 0. The SMILES string of the molecule is O=C(NCCn1cccc1)c1cc2ccccc2[nH]1. The van der Waals surface area contributed by atoms with Gasteiger partial charge in [-0.05, 0) is 24.3 Å². The third-order valence-electron chi connectivity index (χ3n) is 3.10. The normalized spacial score (nSPS) is 10.7. The number of nitrogens with zero attached hydrogens (tertiary/aromatic N) is 1. The zero-order valence-electron chi connectivity index (χ0n) is 10.5. The molecule has 3 aromatic rings. The average Bonchev–Trinajstić information content (AvgIpc) is 3.07. The molecule has 0 unspecified atom stereocenters. The van der Waals surface area contributed by atoms with E-state index in [0.717, 1.165) is 17.4 Å². The van der Waals surface area contributed by atoms with E-state index in [1.165, 1.54) is 0 Å². The van der Waals surface area contributed by atoms with E-state index < -0.39 is 0 Å². The van der Waals surface area contributed by atoms with Crippen LogP contribution in [0.4, 0.5) is 0 Å². The molecule has 0 atom stereocenters. The van der Waals surface area contributed by atoms with Crippen molar-refractivity contribution in [2.24, 2.45) is 0 Å². The summed E-state index contributed by atoms with van der Waals surface area (Å²) in [7, 11) is 0. The smallest absolute Gasteiger partial charge is 0.267 e. The fourth-order valence-corrected chi connectivity index (χ4v) is 2.11. The molecule has 96 valence electrons. The van der Waals surface area contributed by atoms with E-state index in [1.807, 2.05) is 59.4 Å². The van der Waals surface area contributed by atoms with Crippen molar-refractivity contribution in [2.75, 3.05) is 6.54 Å². The van der Waals surface area contributed by atoms with E-state index in [1.54, 1.807) is 0 Å². The van der Waals surface area contributed by atoms with E-state index in [9.17, 15) is 4.79 Å². The molecule has 0 radical (unpaired) electrons. The molecule has 4 heteroatoms. The van der Waals surface area contributed by atoms with Crippen LogP contribution < -0.4 is 5.32 Å². The molecule has 1 amide bonds. The minimum Gasteiger partial charge on any atom is -0.353 e. The lowest BCUT2D eigenvalue weighted by atomic mass is 10.2. The summed E-state index contributed by atoms with van der Waals surface area (Å²) < 4.78 is 2.03. The fourth-order valence-electron chi connectivity index (χ4n) is 2.11. The standard InChI is InChI=1S/C15H15N3O/c19-15(16-7-10-18-8-3-4-9-18)14-11-12-5-1-2-6-13(12)17-14/h1-6,8-9,11,17H,7,10H2,(H,16,19). The molecule has 0 aliphatic rings. The summed E-state index contributed by atoms with van der Waals surface area (Å²) in [4.78, 5) is 15.1. The maximum absolute atomic E-state index is 12.0. The van der Waals surface area contributed by atoms with Gasteiger partial charge in [-0.2, -0.15) is 0 Å². The first kappa shape index (κ1) is 11.6. The van der Waals surface area contributed by atoms with E-state index in [4.69, 9.17) is 0 Å². The molecule has 0 saturated heterocycles. The molecular formula is C15H15N3O. The highest BCUT2D eigenvalue weighted by Gasteiger charge is 2.08. The molecule has 0 spiro atoms. The summed E-state index contributed by atoms with van der Waals surface area (Å²) in [6.07, 6.45) is 3.96. The molecule has 0 aliphatic carbocycles. The number of amides is 1. The molecule has 2 aromatic heterocycles. The lowest BCUT2D eigenvalue weighted by Crippen LogP contribution is -2.27. The van der Waals surface area contributed by atoms with Gasteiger partial charge in [0.15, 0.2) is 0 Å². The van der Waals surface area contributed by atoms with Crippen LogP contribution in [0.15, 0.2) is 54.9 Å². The first-order chi connectivity index (χ1) is 9.33. The van der Waals surface area contributed by atoms with Crippen molar-refractivity contribution in [1.82, 2.24) is 14.9 Å². The van der Waals surface area contributed by atoms with Gasteiger partial charge in [-0.25, -0.2) is 0 Å². The van der Waals surface area contributed by atoms with Crippen LogP contribution in [0.5, 0.6) is 0 Å². The van der Waals surface area contributed by atoms with Crippen molar-refractivity contribution < 1.29 is 4.79 Å². The highest BCUT2D eigenvalue weighted by molar-refractivity contribution is 5.97. The van der Waals surface area contributed by atoms with Gasteiger partial charge in [0.1, 0.15) is 5.69 Å². The number of para-hydroxylation sites is 1. The number of carbonyl (C=O) groups is 1. The molecule has 0 fully saturated rings. The number of benzene rings is 1. The van der Waals surface area contributed by atoms with Crippen LogP contribution in [-0.4, -0.2) is 22.0 Å². The molecule has 1 aromatic carbocycles. The predicted molar refractivity (Wildman–Crippen MR) is 75.1 cm³/mol. The number of fused-ring (bicyclic) bond motifs is 1. The van der Waals surface area contributed by atoms with Gasteiger partial charge in [0.05, 0.1) is 0 Å². The van der Waals surface area contributed by atoms with Crippen molar-refractivity contribution in [3.05, 3.63) is 60.6 Å². The zero-order valence-corrected chi connectivity index (χ0v) is 10.5. The second kappa shape index (κ2) is 5.02. The molecule has 3 rings (SSSR count). The Bertz CT molecular complexity index is 649. The Kier molecular flexibility index (Phi) is 3.06. The third-order valence-corrected chi connectivity index (χ3v) is 3.10. The maximum atomic E-state index is 12.0. The highest BCUT2D eigenvalue weighted by Crippen LogP contribution is 2.14. The van der Waals surface area contributed by atoms with Crippen LogP contribution in [0.3, 0.4) is 0 Å². The molecule has 0 bridgehead atoms. The van der Waals surface area contributed by atoms with Crippen molar-refractivity contribution in [3.63, 3.8) is 0 Å². The second-order valence-electron chi connectivity index (χ2n) is 4.45. The molecular weight excluding hydrogens is 238 g/mol. The average molecular weight is 253 g/mol. The van der Waals surface area contributed by atoms with Gasteiger partial charge in [-0.15, -0.1) is 0 Å². The van der Waals surface area contributed by atoms with Gasteiger partial charge in [0.2, 0.25) is 0 Å². The Morgan fingerprint density at radius 2 is 1.95 bits per heavy atom. The summed E-state index contributed by atoms with van der Waals surface area (Å²) in [5.74, 6) is -0.0663. The van der Waals surface area contributed by atoms with Crippen molar-refractivity contribution >= 4 is 16.8 Å². The Morgan fingerprint density at radius 1 is 1.16 bits per heavy atom. The molecule has 0 saturated carbocycles. The number of carbonyl (C=O) groups excluding carboxylic acids is 1. The van der Waals surface area contributed by atoms with Gasteiger partial charge in [0.25, 0.3) is 5.91 Å². The van der Waals surface area contributed by atoms with Crippen LogP contribution in [0.25, 0.3) is 10.9 Å². The van der Waals surface area contributed by atoms with Gasteiger partial charge in [0, 0.05) is 36.4 Å². The second-order valence-corrected chi connectivity index (χ2v) is 4.45. The molecule has 2 heterocycles. The minimum atomic E-state index is -0.0663. The number of hydrogen-bond donors (Lipinski definition) is 2. The summed E-state index contributed by atoms with van der Waals surface area (Å²) in [5, 5.41) is 3.96. The number of nitrogens with one attached hydrogen (secondary N) is 2. The van der Waals surface area contributed by atoms with Crippen LogP contribution in [-0.2, 0) is 6.54 Å².